The Morgan fingerprint density at radius 3 is 2.67 bits per heavy atom. The predicted molar refractivity (Wildman–Crippen MR) is 154 cm³/mol. The number of aryl methyl sites for hydroxylation is 1. The van der Waals surface area contributed by atoms with Gasteiger partial charge in [-0.05, 0) is 78.4 Å². The Labute approximate surface area is 232 Å². The average Bonchev–Trinajstić information content (AvgIpc) is 3.62. The molecular weight excluding hydrogens is 556 g/mol. The molecule has 1 aliphatic rings. The van der Waals surface area contributed by atoms with E-state index < -0.39 is 21.7 Å². The number of rotatable bonds is 6. The third-order valence-electron chi connectivity index (χ3n) is 6.31. The number of carbonyl (C=O) groups is 1. The number of benzene rings is 3. The van der Waals surface area contributed by atoms with Crippen molar-refractivity contribution in [2.45, 2.75) is 17.7 Å². The van der Waals surface area contributed by atoms with Crippen LogP contribution in [-0.2, 0) is 16.4 Å². The molecule has 0 N–H and O–H groups in total. The van der Waals surface area contributed by atoms with Crippen molar-refractivity contribution in [2.75, 3.05) is 15.9 Å². The van der Waals surface area contributed by atoms with E-state index >= 15 is 0 Å². The summed E-state index contributed by atoms with van der Waals surface area (Å²) in [6.45, 7) is 0.392. The molecule has 11 heteroatoms. The Morgan fingerprint density at radius 2 is 1.87 bits per heavy atom. The fraction of sp³-hybridized carbons (Fsp3) is 0.107. The van der Waals surface area contributed by atoms with Crippen LogP contribution in [0.25, 0.3) is 10.2 Å². The van der Waals surface area contributed by atoms with Crippen LogP contribution in [0.3, 0.4) is 0 Å². The van der Waals surface area contributed by atoms with Crippen molar-refractivity contribution in [2.24, 2.45) is 5.10 Å². The first kappa shape index (κ1) is 25.4. The van der Waals surface area contributed by atoms with E-state index in [4.69, 9.17) is 0 Å². The summed E-state index contributed by atoms with van der Waals surface area (Å²) >= 11 is 2.60. The topological polar surface area (TPSA) is 82.9 Å². The second kappa shape index (κ2) is 10.3. The monoisotopic (exact) mass is 576 g/mol. The maximum absolute atomic E-state index is 13.8. The number of para-hydroxylation sites is 1. The van der Waals surface area contributed by atoms with Crippen molar-refractivity contribution in [3.05, 3.63) is 106 Å². The van der Waals surface area contributed by atoms with E-state index in [1.807, 2.05) is 41.8 Å². The highest BCUT2D eigenvalue weighted by atomic mass is 32.2. The van der Waals surface area contributed by atoms with Crippen molar-refractivity contribution in [3.63, 3.8) is 0 Å². The van der Waals surface area contributed by atoms with Crippen LogP contribution in [0.2, 0.25) is 0 Å². The summed E-state index contributed by atoms with van der Waals surface area (Å²) in [6.07, 6.45) is 3.12. The fourth-order valence-electron chi connectivity index (χ4n) is 4.41. The summed E-state index contributed by atoms with van der Waals surface area (Å²) in [5, 5.41) is 7.73. The van der Waals surface area contributed by atoms with Crippen molar-refractivity contribution in [1.82, 2.24) is 4.98 Å². The van der Waals surface area contributed by atoms with Gasteiger partial charge < -0.3 is 0 Å². The average molecular weight is 577 g/mol. The molecule has 1 amide bonds. The number of halogens is 1. The molecule has 39 heavy (non-hydrogen) atoms. The molecule has 6 rings (SSSR count). The van der Waals surface area contributed by atoms with E-state index in [0.717, 1.165) is 39.6 Å². The van der Waals surface area contributed by atoms with Gasteiger partial charge in [-0.1, -0.05) is 35.6 Å². The number of fused-ring (bicyclic) bond motifs is 2. The molecule has 0 bridgehead atoms. The molecule has 0 spiro atoms. The number of thiophene rings is 1. The van der Waals surface area contributed by atoms with E-state index in [2.05, 4.69) is 10.1 Å². The number of hydrogen-bond donors (Lipinski definition) is 0. The van der Waals surface area contributed by atoms with Gasteiger partial charge >= 0.3 is 0 Å². The number of amides is 1. The summed E-state index contributed by atoms with van der Waals surface area (Å²) in [5.41, 5.74) is 2.46. The van der Waals surface area contributed by atoms with Crippen LogP contribution in [0.15, 0.2) is 94.2 Å². The highest BCUT2D eigenvalue weighted by molar-refractivity contribution is 7.92. The van der Waals surface area contributed by atoms with Gasteiger partial charge in [0.1, 0.15) is 5.82 Å². The normalized spacial score (nSPS) is 13.6. The lowest BCUT2D eigenvalue weighted by atomic mass is 10.0. The Balaban J connectivity index is 1.33. The first-order valence-electron chi connectivity index (χ1n) is 12.1. The van der Waals surface area contributed by atoms with Crippen LogP contribution in [0.5, 0.6) is 0 Å². The number of nitrogens with zero attached hydrogens (tertiary/aromatic N) is 4. The summed E-state index contributed by atoms with van der Waals surface area (Å²) < 4.78 is 42.8. The van der Waals surface area contributed by atoms with Crippen LogP contribution >= 0.6 is 22.7 Å². The molecule has 0 aliphatic carbocycles. The molecular formula is C28H21FN4O3S3. The maximum atomic E-state index is 13.8. The molecule has 5 aromatic rings. The zero-order chi connectivity index (χ0) is 27.0. The van der Waals surface area contributed by atoms with Crippen LogP contribution in [0.4, 0.5) is 15.2 Å². The van der Waals surface area contributed by atoms with Crippen molar-refractivity contribution < 1.29 is 17.6 Å². The molecule has 0 saturated heterocycles. The van der Waals surface area contributed by atoms with Crippen molar-refractivity contribution >= 4 is 65.9 Å². The number of hydrogen-bond acceptors (Lipinski definition) is 7. The summed E-state index contributed by atoms with van der Waals surface area (Å²) in [4.78, 5) is 19.0. The largest absolute Gasteiger partial charge is 0.280 e. The van der Waals surface area contributed by atoms with Crippen molar-refractivity contribution in [1.29, 1.82) is 0 Å². The molecule has 3 heterocycles. The minimum Gasteiger partial charge on any atom is -0.267 e. The molecule has 0 unspecified atom stereocenters. The lowest BCUT2D eigenvalue weighted by molar-refractivity contribution is 0.0987. The van der Waals surface area contributed by atoms with E-state index in [9.17, 15) is 17.6 Å². The SMILES string of the molecule is O=C(c1ccc(S(=O)(=O)N2CCCc3ccccc32)cc1)N(/N=C/c1cccs1)c1nc2ccc(F)cc2s1. The Bertz CT molecular complexity index is 1800. The zero-order valence-corrected chi connectivity index (χ0v) is 22.8. The lowest BCUT2D eigenvalue weighted by Crippen LogP contribution is -2.35. The first-order chi connectivity index (χ1) is 18.9. The third-order valence-corrected chi connectivity index (χ3v) is 9.94. The molecule has 7 nitrogen and oxygen atoms in total. The van der Waals surface area contributed by atoms with Gasteiger partial charge in [0.25, 0.3) is 15.9 Å². The Kier molecular flexibility index (Phi) is 6.71. The molecule has 196 valence electrons. The number of hydrazone groups is 1. The molecule has 0 atom stereocenters. The lowest BCUT2D eigenvalue weighted by Gasteiger charge is -2.30. The van der Waals surface area contributed by atoms with Crippen molar-refractivity contribution in [3.8, 4) is 0 Å². The Morgan fingerprint density at radius 1 is 1.05 bits per heavy atom. The number of aromatic nitrogens is 1. The minimum atomic E-state index is -3.82. The predicted octanol–water partition coefficient (Wildman–Crippen LogP) is 6.32. The maximum Gasteiger partial charge on any atom is 0.280 e. The van der Waals surface area contributed by atoms with Gasteiger partial charge in [0, 0.05) is 17.0 Å². The smallest absolute Gasteiger partial charge is 0.267 e. The van der Waals surface area contributed by atoms with E-state index in [1.54, 1.807) is 12.3 Å². The second-order valence-corrected chi connectivity index (χ2v) is 12.7. The summed E-state index contributed by atoms with van der Waals surface area (Å²) in [6, 6.07) is 21.3. The van der Waals surface area contributed by atoms with E-state index in [0.29, 0.717) is 22.4 Å². The summed E-state index contributed by atoms with van der Waals surface area (Å²) in [7, 11) is -3.82. The van der Waals surface area contributed by atoms with Crippen LogP contribution in [-0.4, -0.2) is 32.1 Å². The van der Waals surface area contributed by atoms with Gasteiger partial charge in [-0.15, -0.1) is 11.3 Å². The minimum absolute atomic E-state index is 0.0971. The van der Waals surface area contributed by atoms with Gasteiger partial charge in [-0.2, -0.15) is 10.1 Å². The van der Waals surface area contributed by atoms with E-state index in [1.165, 1.54) is 52.0 Å². The van der Waals surface area contributed by atoms with Crippen LogP contribution in [0, 0.1) is 5.82 Å². The number of carbonyl (C=O) groups excluding carboxylic acids is 1. The molecule has 3 aromatic carbocycles. The van der Waals surface area contributed by atoms with Gasteiger partial charge in [-0.3, -0.25) is 9.10 Å². The van der Waals surface area contributed by atoms with Crippen LogP contribution < -0.4 is 9.31 Å². The van der Waals surface area contributed by atoms with Gasteiger partial charge in [0.2, 0.25) is 5.13 Å². The molecule has 0 saturated carbocycles. The number of thiazole rings is 1. The number of anilines is 2. The zero-order valence-electron chi connectivity index (χ0n) is 20.4. The fourth-order valence-corrected chi connectivity index (χ4v) is 7.48. The Hall–Kier alpha value is -3.93. The van der Waals surface area contributed by atoms with Gasteiger partial charge in [0.15, 0.2) is 0 Å². The highest BCUT2D eigenvalue weighted by Gasteiger charge is 2.29. The highest BCUT2D eigenvalue weighted by Crippen LogP contribution is 2.33. The third kappa shape index (κ3) is 4.96. The standard InChI is InChI=1S/C28H21FN4O3S3/c29-21-11-14-24-26(17-21)38-28(31-24)33(30-18-22-7-4-16-37-22)27(34)20-9-12-23(13-10-20)39(35,36)32-15-3-6-19-5-1-2-8-25(19)32/h1-2,4-5,7-14,16-18H,3,6,15H2/b30-18+. The molecule has 0 fully saturated rings. The van der Waals surface area contributed by atoms with Gasteiger partial charge in [-0.25, -0.2) is 17.8 Å². The number of sulfonamides is 1. The molecule has 1 aliphatic heterocycles. The second-order valence-electron chi connectivity index (χ2n) is 8.82. The van der Waals surface area contributed by atoms with E-state index in [-0.39, 0.29) is 15.6 Å². The quantitative estimate of drug-likeness (QED) is 0.175. The summed E-state index contributed by atoms with van der Waals surface area (Å²) in [5.74, 6) is -0.889. The van der Waals surface area contributed by atoms with Crippen LogP contribution in [0.1, 0.15) is 27.2 Å². The first-order valence-corrected chi connectivity index (χ1v) is 15.2. The molecule has 0 radical (unpaired) electrons. The van der Waals surface area contributed by atoms with Gasteiger partial charge in [0.05, 0.1) is 27.0 Å². The molecule has 2 aromatic heterocycles.